The molecule has 0 fully saturated rings. The van der Waals surface area contributed by atoms with Crippen molar-refractivity contribution in [2.75, 3.05) is 10.6 Å². The number of amides is 2. The summed E-state index contributed by atoms with van der Waals surface area (Å²) in [5.41, 5.74) is 0.832. The summed E-state index contributed by atoms with van der Waals surface area (Å²) < 4.78 is 0. The lowest BCUT2D eigenvalue weighted by atomic mass is 10.1. The van der Waals surface area contributed by atoms with Gasteiger partial charge in [-0.05, 0) is 36.2 Å². The highest BCUT2D eigenvalue weighted by Crippen LogP contribution is 2.20. The molecule has 2 N–H and O–H groups in total. The number of benzene rings is 2. The molecular weight excluding hydrogens is 322 g/mol. The van der Waals surface area contributed by atoms with E-state index in [4.69, 9.17) is 0 Å². The van der Waals surface area contributed by atoms with Crippen molar-refractivity contribution < 1.29 is 14.5 Å². The van der Waals surface area contributed by atoms with Gasteiger partial charge >= 0.3 is 0 Å². The summed E-state index contributed by atoms with van der Waals surface area (Å²) in [6.07, 6.45) is 0.427. The number of nitro benzene ring substituents is 1. The second-order valence-corrected chi connectivity index (χ2v) is 5.95. The molecule has 0 bridgehead atoms. The molecule has 0 aliphatic rings. The number of hydrogen-bond acceptors (Lipinski definition) is 4. The number of carbonyl (C=O) groups excluding carboxylic acids is 2. The summed E-state index contributed by atoms with van der Waals surface area (Å²) in [6, 6.07) is 12.3. The summed E-state index contributed by atoms with van der Waals surface area (Å²) in [4.78, 5) is 34.4. The van der Waals surface area contributed by atoms with Gasteiger partial charge < -0.3 is 10.6 Å². The van der Waals surface area contributed by atoms with Gasteiger partial charge in [0.2, 0.25) is 5.91 Å². The van der Waals surface area contributed by atoms with Crippen molar-refractivity contribution in [2.24, 2.45) is 5.92 Å². The molecule has 0 unspecified atom stereocenters. The maximum absolute atomic E-state index is 12.2. The van der Waals surface area contributed by atoms with Crippen LogP contribution in [0, 0.1) is 16.0 Å². The van der Waals surface area contributed by atoms with Gasteiger partial charge in [-0.15, -0.1) is 0 Å². The van der Waals surface area contributed by atoms with E-state index >= 15 is 0 Å². The molecule has 2 aromatic carbocycles. The first kappa shape index (κ1) is 18.1. The van der Waals surface area contributed by atoms with Crippen molar-refractivity contribution in [1.82, 2.24) is 0 Å². The van der Waals surface area contributed by atoms with E-state index in [-0.39, 0.29) is 23.1 Å². The van der Waals surface area contributed by atoms with Crippen LogP contribution in [-0.2, 0) is 4.79 Å². The number of hydrogen-bond donors (Lipinski definition) is 2. The lowest BCUT2D eigenvalue weighted by Gasteiger charge is -2.09. The van der Waals surface area contributed by atoms with Crippen molar-refractivity contribution >= 4 is 28.9 Å². The third kappa shape index (κ3) is 5.13. The van der Waals surface area contributed by atoms with Crippen LogP contribution in [0.25, 0.3) is 0 Å². The first-order chi connectivity index (χ1) is 11.9. The summed E-state index contributed by atoms with van der Waals surface area (Å²) in [5.74, 6) is -0.379. The molecule has 130 valence electrons. The molecule has 7 nitrogen and oxygen atoms in total. The van der Waals surface area contributed by atoms with Crippen LogP contribution in [0.1, 0.15) is 30.6 Å². The zero-order valence-electron chi connectivity index (χ0n) is 14.0. The standard InChI is InChI=1S/C18H19N3O4/c1-12(2)11-17(22)19-13-7-9-14(10-8-13)20-18(23)15-5-3-4-6-16(15)21(24)25/h3-10,12H,11H2,1-2H3,(H,19,22)(H,20,23). The normalized spacial score (nSPS) is 10.4. The molecule has 0 saturated carbocycles. The average Bonchev–Trinajstić information content (AvgIpc) is 2.55. The summed E-state index contributed by atoms with van der Waals surface area (Å²) in [6.45, 7) is 3.92. The molecule has 0 aliphatic carbocycles. The molecule has 0 aliphatic heterocycles. The third-order valence-electron chi connectivity index (χ3n) is 3.37. The first-order valence-corrected chi connectivity index (χ1v) is 7.81. The highest BCUT2D eigenvalue weighted by molar-refractivity contribution is 6.07. The topological polar surface area (TPSA) is 101 Å². The Hall–Kier alpha value is -3.22. The minimum atomic E-state index is -0.595. The minimum absolute atomic E-state index is 0.0122. The Morgan fingerprint density at radius 2 is 1.56 bits per heavy atom. The zero-order valence-corrected chi connectivity index (χ0v) is 14.0. The Morgan fingerprint density at radius 3 is 2.12 bits per heavy atom. The maximum Gasteiger partial charge on any atom is 0.282 e. The maximum atomic E-state index is 12.2. The monoisotopic (exact) mass is 341 g/mol. The summed E-state index contributed by atoms with van der Waals surface area (Å²) in [7, 11) is 0. The van der Waals surface area contributed by atoms with Gasteiger partial charge in [-0.2, -0.15) is 0 Å². The fourth-order valence-electron chi connectivity index (χ4n) is 2.24. The Bertz CT molecular complexity index is 785. The highest BCUT2D eigenvalue weighted by Gasteiger charge is 2.19. The average molecular weight is 341 g/mol. The lowest BCUT2D eigenvalue weighted by molar-refractivity contribution is -0.385. The summed E-state index contributed by atoms with van der Waals surface area (Å²) in [5, 5.41) is 16.4. The molecule has 0 atom stereocenters. The van der Waals surface area contributed by atoms with Gasteiger partial charge in [-0.25, -0.2) is 0 Å². The van der Waals surface area contributed by atoms with Crippen LogP contribution in [0.5, 0.6) is 0 Å². The van der Waals surface area contributed by atoms with Gasteiger partial charge in [-0.3, -0.25) is 19.7 Å². The van der Waals surface area contributed by atoms with Crippen molar-refractivity contribution in [1.29, 1.82) is 0 Å². The highest BCUT2D eigenvalue weighted by atomic mass is 16.6. The molecule has 2 aromatic rings. The number of nitrogens with zero attached hydrogens (tertiary/aromatic N) is 1. The van der Waals surface area contributed by atoms with Gasteiger partial charge in [0, 0.05) is 23.9 Å². The predicted octanol–water partition coefficient (Wildman–Crippen LogP) is 3.83. The second-order valence-electron chi connectivity index (χ2n) is 5.95. The SMILES string of the molecule is CC(C)CC(=O)Nc1ccc(NC(=O)c2ccccc2[N+](=O)[O-])cc1. The second kappa shape index (κ2) is 8.05. The fraction of sp³-hybridized carbons (Fsp3) is 0.222. The number of anilines is 2. The smallest absolute Gasteiger partial charge is 0.282 e. The Morgan fingerprint density at radius 1 is 1.00 bits per heavy atom. The van der Waals surface area contributed by atoms with Crippen LogP contribution < -0.4 is 10.6 Å². The number of para-hydroxylation sites is 1. The van der Waals surface area contributed by atoms with Crippen molar-refractivity contribution in [3.8, 4) is 0 Å². The van der Waals surface area contributed by atoms with Gasteiger partial charge in [0.1, 0.15) is 5.56 Å². The van der Waals surface area contributed by atoms with E-state index in [1.54, 1.807) is 30.3 Å². The molecule has 7 heteroatoms. The van der Waals surface area contributed by atoms with E-state index < -0.39 is 10.8 Å². The van der Waals surface area contributed by atoms with E-state index in [9.17, 15) is 19.7 Å². The van der Waals surface area contributed by atoms with Gasteiger partial charge in [-0.1, -0.05) is 26.0 Å². The van der Waals surface area contributed by atoms with E-state index in [2.05, 4.69) is 10.6 Å². The van der Waals surface area contributed by atoms with E-state index in [1.807, 2.05) is 13.8 Å². The Balaban J connectivity index is 2.05. The summed E-state index contributed by atoms with van der Waals surface area (Å²) >= 11 is 0. The number of rotatable bonds is 6. The molecule has 2 amide bonds. The minimum Gasteiger partial charge on any atom is -0.326 e. The van der Waals surface area contributed by atoms with Crippen LogP contribution >= 0.6 is 0 Å². The van der Waals surface area contributed by atoms with E-state index in [0.717, 1.165) is 0 Å². The molecule has 0 aromatic heterocycles. The predicted molar refractivity (Wildman–Crippen MR) is 95.6 cm³/mol. The molecule has 0 heterocycles. The van der Waals surface area contributed by atoms with Crippen LogP contribution in [0.2, 0.25) is 0 Å². The number of nitro groups is 1. The molecular formula is C18H19N3O4. The van der Waals surface area contributed by atoms with E-state index in [0.29, 0.717) is 17.8 Å². The number of carbonyl (C=O) groups is 2. The largest absolute Gasteiger partial charge is 0.326 e. The van der Waals surface area contributed by atoms with Crippen LogP contribution in [0.4, 0.5) is 17.1 Å². The molecule has 0 radical (unpaired) electrons. The first-order valence-electron chi connectivity index (χ1n) is 7.81. The Kier molecular flexibility index (Phi) is 5.84. The molecule has 2 rings (SSSR count). The van der Waals surface area contributed by atoms with Crippen LogP contribution in [0.15, 0.2) is 48.5 Å². The third-order valence-corrected chi connectivity index (χ3v) is 3.37. The fourth-order valence-corrected chi connectivity index (χ4v) is 2.24. The van der Waals surface area contributed by atoms with Gasteiger partial charge in [0.05, 0.1) is 4.92 Å². The van der Waals surface area contributed by atoms with Crippen molar-refractivity contribution in [3.63, 3.8) is 0 Å². The lowest BCUT2D eigenvalue weighted by Crippen LogP contribution is -2.15. The van der Waals surface area contributed by atoms with Crippen LogP contribution in [0.3, 0.4) is 0 Å². The zero-order chi connectivity index (χ0) is 18.4. The molecule has 25 heavy (non-hydrogen) atoms. The number of nitrogens with one attached hydrogen (secondary N) is 2. The quantitative estimate of drug-likeness (QED) is 0.616. The molecule has 0 saturated heterocycles. The van der Waals surface area contributed by atoms with Gasteiger partial charge in [0.15, 0.2) is 0 Å². The van der Waals surface area contributed by atoms with E-state index in [1.165, 1.54) is 18.2 Å². The van der Waals surface area contributed by atoms with Gasteiger partial charge in [0.25, 0.3) is 11.6 Å². The van der Waals surface area contributed by atoms with Crippen molar-refractivity contribution in [3.05, 3.63) is 64.2 Å². The van der Waals surface area contributed by atoms with Crippen LogP contribution in [-0.4, -0.2) is 16.7 Å². The Labute approximate surface area is 145 Å². The molecule has 0 spiro atoms. The van der Waals surface area contributed by atoms with Crippen molar-refractivity contribution in [2.45, 2.75) is 20.3 Å².